The number of benzene rings is 1. The highest BCUT2D eigenvalue weighted by Gasteiger charge is 2.67. The molecular formula is C20H23ClN2O. The van der Waals surface area contributed by atoms with Crippen LogP contribution in [-0.2, 0) is 10.2 Å². The fourth-order valence-electron chi connectivity index (χ4n) is 6.07. The zero-order valence-corrected chi connectivity index (χ0v) is 14.9. The van der Waals surface area contributed by atoms with Gasteiger partial charge in [-0.05, 0) is 24.1 Å². The number of carbonyl (C=O) groups excluding carboxylic acids is 1. The molecule has 1 aromatic rings. The maximum atomic E-state index is 12.0. The maximum absolute atomic E-state index is 12.0. The van der Waals surface area contributed by atoms with Gasteiger partial charge in [-0.15, -0.1) is 0 Å². The Bertz CT molecular complexity index is 799. The predicted octanol–water partition coefficient (Wildman–Crippen LogP) is 0.00560. The van der Waals surface area contributed by atoms with E-state index in [-0.39, 0.29) is 17.8 Å². The fraction of sp³-hybridized carbons (Fsp3) is 0.450. The molecule has 1 aromatic carbocycles. The number of rotatable bonds is 1. The predicted molar refractivity (Wildman–Crippen MR) is 91.0 cm³/mol. The number of halogens is 1. The Kier molecular flexibility index (Phi) is 3.29. The normalized spacial score (nSPS) is 39.8. The highest BCUT2D eigenvalue weighted by molar-refractivity contribution is 5.84. The molecule has 1 N–H and O–H groups in total. The second-order valence-corrected chi connectivity index (χ2v) is 7.87. The van der Waals surface area contributed by atoms with Gasteiger partial charge in [0.1, 0.15) is 18.9 Å². The number of aldehydes is 1. The Hall–Kier alpha value is -1.58. The minimum absolute atomic E-state index is 0. The number of carbonyl (C=O) groups is 1. The summed E-state index contributed by atoms with van der Waals surface area (Å²) in [7, 11) is 2.42. The van der Waals surface area contributed by atoms with Gasteiger partial charge < -0.3 is 22.2 Å². The topological polar surface area (TPSA) is 29.1 Å². The van der Waals surface area contributed by atoms with Crippen molar-refractivity contribution in [1.82, 2.24) is 0 Å². The molecule has 2 fully saturated rings. The molecule has 0 radical (unpaired) electrons. The van der Waals surface area contributed by atoms with Crippen LogP contribution in [0.15, 0.2) is 47.2 Å². The Labute approximate surface area is 149 Å². The molecular weight excluding hydrogens is 320 g/mol. The van der Waals surface area contributed by atoms with Crippen molar-refractivity contribution in [3.63, 3.8) is 0 Å². The van der Waals surface area contributed by atoms with Crippen LogP contribution in [0.25, 0.3) is 0 Å². The van der Waals surface area contributed by atoms with Crippen LogP contribution >= 0.6 is 0 Å². The Balaban J connectivity index is 0.00000146. The molecule has 4 atom stereocenters. The molecule has 4 aliphatic rings. The lowest BCUT2D eigenvalue weighted by molar-refractivity contribution is -0.923. The number of nitrogens with one attached hydrogen (secondary N) is 1. The first-order chi connectivity index (χ1) is 11.1. The number of para-hydroxylation sites is 1. The van der Waals surface area contributed by atoms with Gasteiger partial charge in [0, 0.05) is 35.7 Å². The van der Waals surface area contributed by atoms with Crippen LogP contribution < -0.4 is 17.7 Å². The first-order valence-corrected chi connectivity index (χ1v) is 8.70. The quantitative estimate of drug-likeness (QED) is 0.442. The van der Waals surface area contributed by atoms with Gasteiger partial charge in [-0.3, -0.25) is 4.79 Å². The van der Waals surface area contributed by atoms with Gasteiger partial charge in [0.2, 0.25) is 0 Å². The molecule has 3 nitrogen and oxygen atoms in total. The number of allylic oxidation sites excluding steroid dienone is 2. The molecule has 1 spiro atoms. The van der Waals surface area contributed by atoms with Crippen LogP contribution in [0.3, 0.4) is 0 Å². The van der Waals surface area contributed by atoms with E-state index < -0.39 is 0 Å². The highest BCUT2D eigenvalue weighted by Crippen LogP contribution is 2.62. The molecule has 3 aliphatic heterocycles. The number of nitrogens with zero attached hydrogens (tertiary/aromatic N) is 1. The maximum Gasteiger partial charge on any atom is 0.148 e. The number of hydrogen-bond donors (Lipinski definition) is 1. The molecule has 0 aromatic heterocycles. The average molecular weight is 343 g/mol. The third-order valence-electron chi connectivity index (χ3n) is 7.06. The number of fused-ring (bicyclic) bond motifs is 2. The van der Waals surface area contributed by atoms with Crippen molar-refractivity contribution in [1.29, 1.82) is 0 Å². The zero-order valence-electron chi connectivity index (χ0n) is 14.2. The summed E-state index contributed by atoms with van der Waals surface area (Å²) in [5.41, 5.74) is 6.35. The summed E-state index contributed by atoms with van der Waals surface area (Å²) in [6.45, 7) is 4.42. The minimum Gasteiger partial charge on any atom is -1.00 e. The zero-order chi connectivity index (χ0) is 15.8. The first-order valence-electron chi connectivity index (χ1n) is 8.70. The fourth-order valence-corrected chi connectivity index (χ4v) is 6.07. The molecule has 24 heavy (non-hydrogen) atoms. The van der Waals surface area contributed by atoms with Gasteiger partial charge in [-0.25, -0.2) is 0 Å². The third kappa shape index (κ3) is 1.60. The van der Waals surface area contributed by atoms with Crippen LogP contribution in [0.4, 0.5) is 5.69 Å². The van der Waals surface area contributed by atoms with E-state index in [1.54, 1.807) is 0 Å². The van der Waals surface area contributed by atoms with E-state index in [0.29, 0.717) is 12.0 Å². The molecule has 5 rings (SSSR count). The lowest BCUT2D eigenvalue weighted by Crippen LogP contribution is -3.00. The standard InChI is InChI=1S/C20H22N2O.ClH/c1-3-13-11-22(2)9-8-20-16-6-4-5-7-17(16)21-19(20)15(12-23)14(13)10-18(20)22;/h3-7,12,14,18H,8-11H2,1-2H3;1H/t14?,18?,20-,22?;/m1./s1. The van der Waals surface area contributed by atoms with Crippen molar-refractivity contribution < 1.29 is 21.7 Å². The lowest BCUT2D eigenvalue weighted by Gasteiger charge is -2.51. The van der Waals surface area contributed by atoms with E-state index in [9.17, 15) is 4.79 Å². The van der Waals surface area contributed by atoms with Gasteiger partial charge in [-0.2, -0.15) is 0 Å². The van der Waals surface area contributed by atoms with Crippen molar-refractivity contribution in [3.05, 3.63) is 52.7 Å². The van der Waals surface area contributed by atoms with Crippen molar-refractivity contribution in [2.24, 2.45) is 5.92 Å². The summed E-state index contributed by atoms with van der Waals surface area (Å²) in [6.07, 6.45) is 5.65. The summed E-state index contributed by atoms with van der Waals surface area (Å²) in [5, 5.41) is 3.66. The van der Waals surface area contributed by atoms with Crippen LogP contribution in [0.1, 0.15) is 25.3 Å². The van der Waals surface area contributed by atoms with E-state index >= 15 is 0 Å². The van der Waals surface area contributed by atoms with E-state index in [0.717, 1.165) is 35.7 Å². The lowest BCUT2D eigenvalue weighted by atomic mass is 9.61. The Morgan fingerprint density at radius 2 is 2.12 bits per heavy atom. The van der Waals surface area contributed by atoms with Gasteiger partial charge >= 0.3 is 0 Å². The molecule has 4 heteroatoms. The summed E-state index contributed by atoms with van der Waals surface area (Å²) in [5.74, 6) is 0.316. The van der Waals surface area contributed by atoms with Crippen molar-refractivity contribution in [2.45, 2.75) is 31.2 Å². The first kappa shape index (κ1) is 15.9. The van der Waals surface area contributed by atoms with Gasteiger partial charge in [0.25, 0.3) is 0 Å². The van der Waals surface area contributed by atoms with Crippen LogP contribution in [-0.4, -0.2) is 36.9 Å². The van der Waals surface area contributed by atoms with E-state index in [2.05, 4.69) is 49.6 Å². The largest absolute Gasteiger partial charge is 1.00 e. The average Bonchev–Trinajstić information content (AvgIpc) is 3.08. The number of anilines is 1. The molecule has 2 bridgehead atoms. The molecule has 3 heterocycles. The van der Waals surface area contributed by atoms with Gasteiger partial charge in [-0.1, -0.05) is 24.3 Å². The number of hydrogen-bond acceptors (Lipinski definition) is 2. The van der Waals surface area contributed by atoms with Crippen molar-refractivity contribution in [3.8, 4) is 0 Å². The second kappa shape index (κ2) is 4.96. The van der Waals surface area contributed by atoms with E-state index in [1.807, 2.05) is 0 Å². The molecule has 126 valence electrons. The second-order valence-electron chi connectivity index (χ2n) is 7.87. The number of likely N-dealkylation sites (N-methyl/N-ethyl adjacent to an activating group) is 1. The smallest absolute Gasteiger partial charge is 0.148 e. The summed E-state index contributed by atoms with van der Waals surface area (Å²) >= 11 is 0. The molecule has 0 amide bonds. The van der Waals surface area contributed by atoms with Crippen LogP contribution in [0.5, 0.6) is 0 Å². The Morgan fingerprint density at radius 1 is 1.33 bits per heavy atom. The van der Waals surface area contributed by atoms with Gasteiger partial charge in [0.05, 0.1) is 19.0 Å². The van der Waals surface area contributed by atoms with Crippen LogP contribution in [0.2, 0.25) is 0 Å². The monoisotopic (exact) mass is 342 g/mol. The van der Waals surface area contributed by atoms with Crippen molar-refractivity contribution in [2.75, 3.05) is 25.5 Å². The SMILES string of the molecule is CC=C1C[N+]2(C)CC[C@]34C(=C(C=O)C1CC32)Nc1ccccc14.[Cl-]. The molecule has 1 aliphatic carbocycles. The minimum atomic E-state index is 0. The third-order valence-corrected chi connectivity index (χ3v) is 7.06. The van der Waals surface area contributed by atoms with Gasteiger partial charge in [0.15, 0.2) is 0 Å². The summed E-state index contributed by atoms with van der Waals surface area (Å²) < 4.78 is 1.13. The van der Waals surface area contributed by atoms with Crippen molar-refractivity contribution >= 4 is 12.0 Å². The Morgan fingerprint density at radius 3 is 2.88 bits per heavy atom. The van der Waals surface area contributed by atoms with E-state index in [4.69, 9.17) is 0 Å². The molecule has 3 unspecified atom stereocenters. The number of quaternary nitrogens is 1. The van der Waals surface area contributed by atoms with Crippen LogP contribution in [0, 0.1) is 5.92 Å². The number of piperidine rings is 1. The summed E-state index contributed by atoms with van der Waals surface area (Å²) in [6, 6.07) is 9.27. The molecule has 0 saturated carbocycles. The summed E-state index contributed by atoms with van der Waals surface area (Å²) in [4.78, 5) is 12.0. The highest BCUT2D eigenvalue weighted by atomic mass is 35.5. The van der Waals surface area contributed by atoms with E-state index in [1.165, 1.54) is 29.1 Å². The molecule has 2 saturated heterocycles.